The Kier molecular flexibility index (Phi) is 2.65. The molecule has 2 aromatic heterocycles. The molecular weight excluding hydrogens is 284 g/mol. The van der Waals surface area contributed by atoms with E-state index in [0.29, 0.717) is 11.3 Å². The van der Waals surface area contributed by atoms with Gasteiger partial charge in [0, 0.05) is 0 Å². The number of alkyl halides is 6. The predicted molar refractivity (Wildman–Crippen MR) is 51.8 cm³/mol. The first kappa shape index (κ1) is 12.9. The van der Waals surface area contributed by atoms with E-state index in [1.165, 1.54) is 0 Å². The van der Waals surface area contributed by atoms with Gasteiger partial charge in [-0.25, -0.2) is 9.97 Å². The number of pyridine rings is 1. The maximum Gasteiger partial charge on any atom is 0.433 e. The highest BCUT2D eigenvalue weighted by atomic mass is 32.1. The summed E-state index contributed by atoms with van der Waals surface area (Å²) in [5.41, 5.74) is 1.40. The predicted octanol–water partition coefficient (Wildman–Crippen LogP) is 3.31. The van der Waals surface area contributed by atoms with Crippen LogP contribution in [-0.2, 0) is 12.4 Å². The van der Waals surface area contributed by atoms with Crippen LogP contribution >= 0.6 is 11.3 Å². The van der Waals surface area contributed by atoms with Crippen LogP contribution in [0.25, 0.3) is 10.3 Å². The van der Waals surface area contributed by atoms with Crippen LogP contribution in [-0.4, -0.2) is 9.97 Å². The number of rotatable bonds is 0. The van der Waals surface area contributed by atoms with Crippen molar-refractivity contribution in [2.45, 2.75) is 12.4 Å². The normalized spacial score (nSPS) is 13.2. The van der Waals surface area contributed by atoms with Gasteiger partial charge in [0.25, 0.3) is 0 Å². The maximum atomic E-state index is 12.6. The van der Waals surface area contributed by atoms with Crippen LogP contribution in [0.5, 0.6) is 0 Å². The topological polar surface area (TPSA) is 51.8 Å². The Labute approximate surface area is 99.3 Å². The summed E-state index contributed by atoms with van der Waals surface area (Å²) >= 11 is 0.468. The average molecular weight is 287 g/mol. The third-order valence-corrected chi connectivity index (χ3v) is 2.76. The highest BCUT2D eigenvalue weighted by molar-refractivity contribution is 7.21. The number of nitrogens with two attached hydrogens (primary N) is 1. The first-order valence-electron chi connectivity index (χ1n) is 4.30. The fourth-order valence-electron chi connectivity index (χ4n) is 1.29. The van der Waals surface area contributed by atoms with E-state index in [1.54, 1.807) is 0 Å². The van der Waals surface area contributed by atoms with Gasteiger partial charge in [-0.3, -0.25) is 0 Å². The average Bonchev–Trinajstić information content (AvgIpc) is 2.52. The molecule has 2 aromatic rings. The van der Waals surface area contributed by atoms with E-state index >= 15 is 0 Å². The lowest BCUT2D eigenvalue weighted by molar-refractivity contribution is -0.144. The van der Waals surface area contributed by atoms with E-state index < -0.39 is 34.0 Å². The lowest BCUT2D eigenvalue weighted by Crippen LogP contribution is -2.13. The van der Waals surface area contributed by atoms with Gasteiger partial charge in [-0.15, -0.1) is 0 Å². The molecule has 0 bridgehead atoms. The second-order valence-electron chi connectivity index (χ2n) is 3.26. The van der Waals surface area contributed by atoms with Gasteiger partial charge in [-0.05, 0) is 6.07 Å². The van der Waals surface area contributed by atoms with Crippen LogP contribution in [0, 0.1) is 0 Å². The number of hydrogen-bond acceptors (Lipinski definition) is 4. The van der Waals surface area contributed by atoms with Gasteiger partial charge in [0.15, 0.2) is 5.13 Å². The quantitative estimate of drug-likeness (QED) is 0.756. The summed E-state index contributed by atoms with van der Waals surface area (Å²) < 4.78 is 75.1. The van der Waals surface area contributed by atoms with Gasteiger partial charge in [0.2, 0.25) is 0 Å². The minimum Gasteiger partial charge on any atom is -0.375 e. The number of halogens is 6. The van der Waals surface area contributed by atoms with Gasteiger partial charge in [0.05, 0.1) is 5.56 Å². The highest BCUT2D eigenvalue weighted by Gasteiger charge is 2.40. The van der Waals surface area contributed by atoms with Crippen molar-refractivity contribution < 1.29 is 26.3 Å². The summed E-state index contributed by atoms with van der Waals surface area (Å²) in [6.45, 7) is 0. The monoisotopic (exact) mass is 287 g/mol. The minimum atomic E-state index is -4.97. The van der Waals surface area contributed by atoms with Gasteiger partial charge in [-0.1, -0.05) is 11.3 Å². The van der Waals surface area contributed by atoms with Crippen LogP contribution in [0.15, 0.2) is 6.07 Å². The Balaban J connectivity index is 2.81. The molecule has 2 heterocycles. The molecule has 0 fully saturated rings. The number of anilines is 1. The van der Waals surface area contributed by atoms with Crippen molar-refractivity contribution in [2.24, 2.45) is 0 Å². The number of nitrogens with zero attached hydrogens (tertiary/aromatic N) is 2. The number of thiazole rings is 1. The molecule has 0 aromatic carbocycles. The van der Waals surface area contributed by atoms with Crippen molar-refractivity contribution in [3.05, 3.63) is 17.3 Å². The Morgan fingerprint density at radius 2 is 1.61 bits per heavy atom. The lowest BCUT2D eigenvalue weighted by atomic mass is 10.2. The molecule has 0 amide bonds. The maximum absolute atomic E-state index is 12.6. The molecule has 18 heavy (non-hydrogen) atoms. The van der Waals surface area contributed by atoms with Gasteiger partial charge < -0.3 is 5.73 Å². The minimum absolute atomic E-state index is 0.0680. The molecule has 0 atom stereocenters. The summed E-state index contributed by atoms with van der Waals surface area (Å²) in [5.74, 6) is 0. The van der Waals surface area contributed by atoms with Gasteiger partial charge in [-0.2, -0.15) is 26.3 Å². The Morgan fingerprint density at radius 1 is 1.00 bits per heavy atom. The molecule has 0 aliphatic rings. The summed E-state index contributed by atoms with van der Waals surface area (Å²) in [5, 5.41) is -0.276. The van der Waals surface area contributed by atoms with Crippen LogP contribution < -0.4 is 5.73 Å². The second-order valence-corrected chi connectivity index (χ2v) is 4.27. The van der Waals surface area contributed by atoms with Gasteiger partial charge in [0.1, 0.15) is 16.0 Å². The second kappa shape index (κ2) is 3.70. The third kappa shape index (κ3) is 2.19. The molecule has 2 rings (SSSR count). The third-order valence-electron chi connectivity index (χ3n) is 1.98. The van der Waals surface area contributed by atoms with Crippen LogP contribution in [0.2, 0.25) is 0 Å². The summed E-state index contributed by atoms with van der Waals surface area (Å²) in [6.07, 6.45) is -9.92. The number of fused-ring (bicyclic) bond motifs is 1. The molecule has 98 valence electrons. The smallest absolute Gasteiger partial charge is 0.375 e. The molecule has 2 N–H and O–H groups in total. The zero-order valence-electron chi connectivity index (χ0n) is 8.23. The van der Waals surface area contributed by atoms with Crippen LogP contribution in [0.4, 0.5) is 31.5 Å². The molecule has 0 unspecified atom stereocenters. The number of aromatic nitrogens is 2. The molecule has 0 radical (unpaired) electrons. The Morgan fingerprint density at radius 3 is 2.11 bits per heavy atom. The summed E-state index contributed by atoms with van der Waals surface area (Å²) in [7, 11) is 0. The van der Waals surface area contributed by atoms with E-state index in [1.807, 2.05) is 0 Å². The van der Waals surface area contributed by atoms with Gasteiger partial charge >= 0.3 is 12.4 Å². The summed E-state index contributed by atoms with van der Waals surface area (Å²) in [4.78, 5) is 5.95. The van der Waals surface area contributed by atoms with E-state index in [2.05, 4.69) is 9.97 Å². The summed E-state index contributed by atoms with van der Waals surface area (Å²) in [6, 6.07) is -0.0680. The van der Waals surface area contributed by atoms with Crippen LogP contribution in [0.3, 0.4) is 0 Å². The van der Waals surface area contributed by atoms with Crippen LogP contribution in [0.1, 0.15) is 11.3 Å². The van der Waals surface area contributed by atoms with E-state index in [-0.39, 0.29) is 11.2 Å². The molecule has 0 saturated carbocycles. The molecule has 0 aliphatic carbocycles. The van der Waals surface area contributed by atoms with E-state index in [0.717, 1.165) is 0 Å². The lowest BCUT2D eigenvalue weighted by Gasteiger charge is -2.10. The fourth-order valence-corrected chi connectivity index (χ4v) is 2.02. The molecule has 0 spiro atoms. The fraction of sp³-hybridized carbons (Fsp3) is 0.250. The SMILES string of the molecule is Nc1nc2c(C(F)(F)F)cc(C(F)(F)F)nc2s1. The van der Waals surface area contributed by atoms with E-state index in [4.69, 9.17) is 5.73 Å². The van der Waals surface area contributed by atoms with Crippen molar-refractivity contribution in [3.63, 3.8) is 0 Å². The zero-order chi connectivity index (χ0) is 13.7. The molecular formula is C8H3F6N3S. The highest BCUT2D eigenvalue weighted by Crippen LogP contribution is 2.39. The molecule has 0 aliphatic heterocycles. The first-order chi connectivity index (χ1) is 8.09. The van der Waals surface area contributed by atoms with Crippen molar-refractivity contribution in [2.75, 3.05) is 5.73 Å². The van der Waals surface area contributed by atoms with Crippen molar-refractivity contribution in [3.8, 4) is 0 Å². The Hall–Kier alpha value is -1.58. The van der Waals surface area contributed by atoms with Crippen molar-refractivity contribution in [1.82, 2.24) is 9.97 Å². The van der Waals surface area contributed by atoms with Crippen molar-refractivity contribution in [1.29, 1.82) is 0 Å². The molecule has 10 heteroatoms. The van der Waals surface area contributed by atoms with Crippen molar-refractivity contribution >= 4 is 26.8 Å². The number of hydrogen-bond donors (Lipinski definition) is 1. The van der Waals surface area contributed by atoms with E-state index in [9.17, 15) is 26.3 Å². The standard InChI is InChI=1S/C8H3F6N3S/c9-7(10,11)2-1-3(8(12,13)14)16-5-4(2)17-6(15)18-5/h1H,(H2,15,17). The first-order valence-corrected chi connectivity index (χ1v) is 5.12. The largest absolute Gasteiger partial charge is 0.433 e. The molecule has 0 saturated heterocycles. The zero-order valence-corrected chi connectivity index (χ0v) is 9.04. The number of nitrogen functional groups attached to an aromatic ring is 1. The Bertz CT molecular complexity index is 599. The molecule has 3 nitrogen and oxygen atoms in total.